The highest BCUT2D eigenvalue weighted by molar-refractivity contribution is 6.06. The second-order valence-corrected chi connectivity index (χ2v) is 11.6. The highest BCUT2D eigenvalue weighted by Gasteiger charge is 2.54. The SMILES string of the molecule is CN1C(=O)N(CCC(F)(F)F)[C@](C)(CC2CCC(n3c(=O)c(C(=N)N)c(O)n(CC4CCCC4)c3=O)CC2)C1=O. The van der Waals surface area contributed by atoms with Crippen LogP contribution in [0.1, 0.15) is 82.7 Å². The predicted molar refractivity (Wildman–Crippen MR) is 139 cm³/mol. The molecule has 4 rings (SSSR count). The van der Waals surface area contributed by atoms with Crippen molar-refractivity contribution in [2.75, 3.05) is 13.6 Å². The van der Waals surface area contributed by atoms with Crippen LogP contribution in [0, 0.1) is 17.2 Å². The maximum atomic E-state index is 13.5. The summed E-state index contributed by atoms with van der Waals surface area (Å²) in [7, 11) is 1.26. The maximum absolute atomic E-state index is 13.5. The number of amides is 3. The van der Waals surface area contributed by atoms with E-state index >= 15 is 0 Å². The number of carbonyl (C=O) groups excluding carboxylic acids is 2. The molecule has 0 radical (unpaired) electrons. The lowest BCUT2D eigenvalue weighted by molar-refractivity contribution is -0.142. The van der Waals surface area contributed by atoms with Gasteiger partial charge in [0.2, 0.25) is 5.88 Å². The summed E-state index contributed by atoms with van der Waals surface area (Å²) in [4.78, 5) is 54.1. The van der Waals surface area contributed by atoms with E-state index in [-0.39, 0.29) is 24.8 Å². The van der Waals surface area contributed by atoms with Crippen LogP contribution in [0.15, 0.2) is 9.59 Å². The number of hydrogen-bond acceptors (Lipinski definition) is 6. The van der Waals surface area contributed by atoms with Crippen LogP contribution in [0.4, 0.5) is 18.0 Å². The van der Waals surface area contributed by atoms with E-state index in [4.69, 9.17) is 11.1 Å². The lowest BCUT2D eigenvalue weighted by atomic mass is 9.77. The smallest absolute Gasteiger partial charge is 0.390 e. The van der Waals surface area contributed by atoms with E-state index < -0.39 is 71.2 Å². The molecular formula is C26H37F3N6O5. The molecule has 0 bridgehead atoms. The Balaban J connectivity index is 1.55. The zero-order valence-electron chi connectivity index (χ0n) is 22.8. The van der Waals surface area contributed by atoms with Crippen LogP contribution in [-0.2, 0) is 11.3 Å². The van der Waals surface area contributed by atoms with Gasteiger partial charge in [0.25, 0.3) is 11.5 Å². The number of rotatable bonds is 8. The van der Waals surface area contributed by atoms with Crippen LogP contribution in [-0.4, -0.2) is 67.1 Å². The van der Waals surface area contributed by atoms with Gasteiger partial charge in [0.15, 0.2) is 0 Å². The number of nitrogen functional groups attached to an aromatic ring is 1. The number of likely N-dealkylation sites (N-methyl/N-ethyl adjacent to an activating group) is 1. The van der Waals surface area contributed by atoms with E-state index in [1.165, 1.54) is 14.0 Å². The summed E-state index contributed by atoms with van der Waals surface area (Å²) in [6.07, 6.45) is -0.0962. The van der Waals surface area contributed by atoms with Gasteiger partial charge < -0.3 is 15.7 Å². The first-order chi connectivity index (χ1) is 18.7. The molecule has 14 heteroatoms. The van der Waals surface area contributed by atoms with E-state index in [9.17, 15) is 37.5 Å². The molecule has 0 unspecified atom stereocenters. The number of hydrogen-bond donors (Lipinski definition) is 3. The van der Waals surface area contributed by atoms with E-state index in [0.717, 1.165) is 44.6 Å². The Bertz CT molecular complexity index is 1290. The summed E-state index contributed by atoms with van der Waals surface area (Å²) in [5.41, 5.74) is 2.29. The summed E-state index contributed by atoms with van der Waals surface area (Å²) in [6.45, 7) is 1.09. The number of nitrogens with one attached hydrogen (secondary N) is 1. The summed E-state index contributed by atoms with van der Waals surface area (Å²) < 4.78 is 41.0. The number of imide groups is 1. The lowest BCUT2D eigenvalue weighted by Crippen LogP contribution is -2.50. The Labute approximate surface area is 229 Å². The Morgan fingerprint density at radius 1 is 1.05 bits per heavy atom. The molecule has 4 N–H and O–H groups in total. The standard InChI is InChI=1S/C26H37F3N6O5/c1-25(22(38)32(2)23(39)34(25)12-11-26(27,28)29)13-15-7-9-17(10-8-15)35-21(37)18(19(30)31)20(36)33(24(35)40)14-16-5-3-4-6-16/h15-17,36H,3-14H2,1-2H3,(H3,30,31)/t15?,17?,25-/m1/s1. The number of urea groups is 1. The third-order valence-corrected chi connectivity index (χ3v) is 8.90. The van der Waals surface area contributed by atoms with Crippen molar-refractivity contribution in [3.8, 4) is 5.88 Å². The van der Waals surface area contributed by atoms with Crippen molar-refractivity contribution < 1.29 is 27.9 Å². The minimum atomic E-state index is -4.48. The van der Waals surface area contributed by atoms with Crippen LogP contribution >= 0.6 is 0 Å². The van der Waals surface area contributed by atoms with Crippen LogP contribution in [0.2, 0.25) is 0 Å². The van der Waals surface area contributed by atoms with Gasteiger partial charge in [-0.25, -0.2) is 9.59 Å². The minimum Gasteiger partial charge on any atom is -0.494 e. The summed E-state index contributed by atoms with van der Waals surface area (Å²) >= 11 is 0. The fourth-order valence-corrected chi connectivity index (χ4v) is 6.74. The Morgan fingerprint density at radius 2 is 1.65 bits per heavy atom. The van der Waals surface area contributed by atoms with Gasteiger partial charge in [-0.1, -0.05) is 12.8 Å². The predicted octanol–water partition coefficient (Wildman–Crippen LogP) is 2.92. The minimum absolute atomic E-state index is 0.140. The third kappa shape index (κ3) is 5.49. The van der Waals surface area contributed by atoms with Crippen molar-refractivity contribution in [2.45, 2.75) is 95.4 Å². The highest BCUT2D eigenvalue weighted by Crippen LogP contribution is 2.41. The monoisotopic (exact) mass is 570 g/mol. The molecule has 0 spiro atoms. The van der Waals surface area contributed by atoms with Crippen molar-refractivity contribution in [2.24, 2.45) is 17.6 Å². The zero-order chi connectivity index (χ0) is 29.6. The molecular weight excluding hydrogens is 533 g/mol. The number of nitrogens with two attached hydrogens (primary N) is 1. The second-order valence-electron chi connectivity index (χ2n) is 11.6. The van der Waals surface area contributed by atoms with Crippen molar-refractivity contribution in [3.63, 3.8) is 0 Å². The first-order valence-corrected chi connectivity index (χ1v) is 13.7. The normalized spacial score (nSPS) is 26.2. The molecule has 1 atom stereocenters. The summed E-state index contributed by atoms with van der Waals surface area (Å²) in [6, 6.07) is -1.30. The Morgan fingerprint density at radius 3 is 2.20 bits per heavy atom. The number of alkyl halides is 3. The van der Waals surface area contributed by atoms with Crippen LogP contribution < -0.4 is 17.0 Å². The molecule has 40 heavy (non-hydrogen) atoms. The number of aromatic hydroxyl groups is 1. The van der Waals surface area contributed by atoms with E-state index in [1.807, 2.05) is 0 Å². The fourth-order valence-electron chi connectivity index (χ4n) is 6.74. The molecule has 2 aliphatic carbocycles. The van der Waals surface area contributed by atoms with Crippen molar-refractivity contribution >= 4 is 17.8 Å². The van der Waals surface area contributed by atoms with Gasteiger partial charge in [-0.05, 0) is 63.7 Å². The number of carbonyl (C=O) groups is 2. The molecule has 222 valence electrons. The summed E-state index contributed by atoms with van der Waals surface area (Å²) in [5.74, 6) is -1.77. The van der Waals surface area contributed by atoms with Crippen LogP contribution in [0.3, 0.4) is 0 Å². The van der Waals surface area contributed by atoms with Gasteiger partial charge in [0, 0.05) is 26.2 Å². The van der Waals surface area contributed by atoms with Crippen molar-refractivity contribution in [1.29, 1.82) is 5.41 Å². The fraction of sp³-hybridized carbons (Fsp3) is 0.731. The quantitative estimate of drug-likeness (QED) is 0.248. The molecule has 2 saturated carbocycles. The average Bonchev–Trinajstić information content (AvgIpc) is 3.43. The Hall–Kier alpha value is -3.32. The zero-order valence-corrected chi connectivity index (χ0v) is 22.8. The number of nitrogens with zero attached hydrogens (tertiary/aromatic N) is 4. The molecule has 1 aromatic rings. The van der Waals surface area contributed by atoms with Crippen molar-refractivity contribution in [3.05, 3.63) is 26.4 Å². The van der Waals surface area contributed by atoms with E-state index in [0.29, 0.717) is 25.7 Å². The largest absolute Gasteiger partial charge is 0.494 e. The molecule has 1 aliphatic heterocycles. The van der Waals surface area contributed by atoms with Crippen LogP contribution in [0.25, 0.3) is 0 Å². The lowest BCUT2D eigenvalue weighted by Gasteiger charge is -2.37. The number of aromatic nitrogens is 2. The van der Waals surface area contributed by atoms with E-state index in [1.54, 1.807) is 0 Å². The first-order valence-electron chi connectivity index (χ1n) is 13.7. The molecule has 0 aromatic carbocycles. The summed E-state index contributed by atoms with van der Waals surface area (Å²) in [5, 5.41) is 18.6. The first kappa shape index (κ1) is 29.7. The molecule has 1 saturated heterocycles. The second kappa shape index (κ2) is 10.9. The molecule has 3 amide bonds. The van der Waals surface area contributed by atoms with Crippen molar-refractivity contribution in [1.82, 2.24) is 18.9 Å². The van der Waals surface area contributed by atoms with E-state index in [2.05, 4.69) is 0 Å². The van der Waals surface area contributed by atoms with Crippen LogP contribution in [0.5, 0.6) is 5.88 Å². The molecule has 3 fully saturated rings. The van der Waals surface area contributed by atoms with Gasteiger partial charge in [-0.15, -0.1) is 0 Å². The number of halogens is 3. The molecule has 3 aliphatic rings. The Kier molecular flexibility index (Phi) is 8.10. The molecule has 1 aromatic heterocycles. The molecule has 11 nitrogen and oxygen atoms in total. The topological polar surface area (TPSA) is 155 Å². The maximum Gasteiger partial charge on any atom is 0.390 e. The van der Waals surface area contributed by atoms with Gasteiger partial charge in [0.1, 0.15) is 16.9 Å². The van der Waals surface area contributed by atoms with Gasteiger partial charge in [-0.2, -0.15) is 13.2 Å². The number of amidine groups is 1. The van der Waals surface area contributed by atoms with Gasteiger partial charge >= 0.3 is 17.9 Å². The van der Waals surface area contributed by atoms with Gasteiger partial charge in [-0.3, -0.25) is 29.0 Å². The third-order valence-electron chi connectivity index (χ3n) is 8.90. The molecule has 2 heterocycles. The highest BCUT2D eigenvalue weighted by atomic mass is 19.4. The average molecular weight is 571 g/mol. The van der Waals surface area contributed by atoms with Gasteiger partial charge in [0.05, 0.1) is 6.42 Å².